The number of rotatable bonds is 2. The van der Waals surface area contributed by atoms with Crippen LogP contribution in [0.2, 0.25) is 0 Å². The number of esters is 1. The molecule has 0 amide bonds. The molecule has 86 valence electrons. The molecule has 5 heteroatoms. The summed E-state index contributed by atoms with van der Waals surface area (Å²) in [6.45, 7) is 7.17. The van der Waals surface area contributed by atoms with E-state index in [1.54, 1.807) is 20.8 Å². The first kappa shape index (κ1) is 12.0. The maximum Gasteiger partial charge on any atom is 0.356 e. The molecule has 0 unspecified atom stereocenters. The first-order valence-electron chi connectivity index (χ1n) is 4.95. The smallest absolute Gasteiger partial charge is 0.356 e. The van der Waals surface area contributed by atoms with E-state index in [4.69, 9.17) is 9.57 Å². The maximum absolute atomic E-state index is 11.4. The largest absolute Gasteiger partial charge is 0.461 e. The van der Waals surface area contributed by atoms with Crippen LogP contribution in [0.25, 0.3) is 0 Å². The number of hydrogen-bond acceptors (Lipinski definition) is 5. The van der Waals surface area contributed by atoms with Crippen molar-refractivity contribution in [3.05, 3.63) is 0 Å². The van der Waals surface area contributed by atoms with Crippen molar-refractivity contribution in [3.63, 3.8) is 0 Å². The van der Waals surface area contributed by atoms with Crippen molar-refractivity contribution in [1.29, 1.82) is 0 Å². The Kier molecular flexibility index (Phi) is 3.04. The van der Waals surface area contributed by atoms with E-state index >= 15 is 0 Å². The fourth-order valence-corrected chi connectivity index (χ4v) is 1.21. The topological polar surface area (TPSA) is 68.1 Å². The van der Waals surface area contributed by atoms with Gasteiger partial charge in [-0.25, -0.2) is 4.79 Å². The molecule has 15 heavy (non-hydrogen) atoms. The normalized spacial score (nSPS) is 29.0. The number of hydrogen-bond donors (Lipinski definition) is 1. The van der Waals surface area contributed by atoms with Gasteiger partial charge in [-0.15, -0.1) is 0 Å². The molecule has 0 radical (unpaired) electrons. The lowest BCUT2D eigenvalue weighted by molar-refractivity contribution is -0.259. The molecule has 1 aliphatic rings. The van der Waals surface area contributed by atoms with Gasteiger partial charge in [0.05, 0.1) is 6.61 Å². The molecule has 5 nitrogen and oxygen atoms in total. The molecule has 0 aliphatic carbocycles. The highest BCUT2D eigenvalue weighted by Gasteiger charge is 2.47. The lowest BCUT2D eigenvalue weighted by Gasteiger charge is -2.40. The lowest BCUT2D eigenvalue weighted by Crippen LogP contribution is -2.48. The minimum absolute atomic E-state index is 0.216. The number of oxime groups is 1. The van der Waals surface area contributed by atoms with E-state index in [9.17, 15) is 9.90 Å². The number of nitrogens with zero attached hydrogens (tertiary/aromatic N) is 1. The monoisotopic (exact) mass is 215 g/mol. The summed E-state index contributed by atoms with van der Waals surface area (Å²) < 4.78 is 4.81. The molecule has 1 heterocycles. The summed E-state index contributed by atoms with van der Waals surface area (Å²) in [5, 5.41) is 13.4. The second-order valence-electron chi connectivity index (χ2n) is 4.39. The average molecular weight is 215 g/mol. The standard InChI is InChI=1S/C10H17NO4/c1-5-14-8(12)7-6-9(2,3)10(4,13)15-11-7/h13H,5-6H2,1-4H3/t10-/m1/s1. The third kappa shape index (κ3) is 2.28. The van der Waals surface area contributed by atoms with E-state index < -0.39 is 17.2 Å². The van der Waals surface area contributed by atoms with E-state index in [0.29, 0.717) is 13.0 Å². The van der Waals surface area contributed by atoms with Crippen LogP contribution in [0.15, 0.2) is 5.16 Å². The van der Waals surface area contributed by atoms with Gasteiger partial charge < -0.3 is 14.7 Å². The molecule has 0 aromatic carbocycles. The van der Waals surface area contributed by atoms with Gasteiger partial charge in [-0.1, -0.05) is 19.0 Å². The zero-order valence-electron chi connectivity index (χ0n) is 9.53. The van der Waals surface area contributed by atoms with Crippen LogP contribution in [0.4, 0.5) is 0 Å². The van der Waals surface area contributed by atoms with Gasteiger partial charge in [-0.3, -0.25) is 0 Å². The minimum Gasteiger partial charge on any atom is -0.461 e. The molecule has 1 N–H and O–H groups in total. The average Bonchev–Trinajstić information content (AvgIpc) is 2.10. The van der Waals surface area contributed by atoms with Crippen molar-refractivity contribution in [2.45, 2.75) is 39.9 Å². The molecule has 0 saturated heterocycles. The lowest BCUT2D eigenvalue weighted by atomic mass is 9.78. The summed E-state index contributed by atoms with van der Waals surface area (Å²) in [6.07, 6.45) is 0.332. The van der Waals surface area contributed by atoms with Crippen molar-refractivity contribution in [2.75, 3.05) is 6.61 Å². The van der Waals surface area contributed by atoms with E-state index in [-0.39, 0.29) is 5.71 Å². The van der Waals surface area contributed by atoms with Crippen LogP contribution in [0.1, 0.15) is 34.1 Å². The van der Waals surface area contributed by atoms with Gasteiger partial charge in [0.2, 0.25) is 5.79 Å². The van der Waals surface area contributed by atoms with E-state index in [2.05, 4.69) is 5.16 Å². The maximum atomic E-state index is 11.4. The highest BCUT2D eigenvalue weighted by atomic mass is 16.7. The zero-order chi connectivity index (χ0) is 11.7. The van der Waals surface area contributed by atoms with Crippen LogP contribution in [0, 0.1) is 5.41 Å². The number of carbonyl (C=O) groups is 1. The van der Waals surface area contributed by atoms with Gasteiger partial charge in [-0.2, -0.15) is 0 Å². The molecule has 0 fully saturated rings. The second kappa shape index (κ2) is 3.81. The van der Waals surface area contributed by atoms with Gasteiger partial charge in [-0.05, 0) is 6.92 Å². The van der Waals surface area contributed by atoms with Crippen LogP contribution in [0.3, 0.4) is 0 Å². The molecule has 0 spiro atoms. The fraction of sp³-hybridized carbons (Fsp3) is 0.800. The summed E-state index contributed by atoms with van der Waals surface area (Å²) in [4.78, 5) is 16.3. The van der Waals surface area contributed by atoms with Crippen molar-refractivity contribution < 1.29 is 19.5 Å². The fourth-order valence-electron chi connectivity index (χ4n) is 1.21. The van der Waals surface area contributed by atoms with Crippen molar-refractivity contribution in [3.8, 4) is 0 Å². The highest BCUT2D eigenvalue weighted by molar-refractivity contribution is 6.36. The van der Waals surface area contributed by atoms with Gasteiger partial charge in [0.25, 0.3) is 0 Å². The van der Waals surface area contributed by atoms with Gasteiger partial charge in [0.15, 0.2) is 5.71 Å². The van der Waals surface area contributed by atoms with E-state index in [1.165, 1.54) is 6.92 Å². The number of carbonyl (C=O) groups excluding carboxylic acids is 1. The van der Waals surface area contributed by atoms with Crippen LogP contribution in [-0.2, 0) is 14.4 Å². The number of ether oxygens (including phenoxy) is 1. The van der Waals surface area contributed by atoms with Crippen LogP contribution in [0.5, 0.6) is 0 Å². The highest BCUT2D eigenvalue weighted by Crippen LogP contribution is 2.38. The van der Waals surface area contributed by atoms with Gasteiger partial charge in [0, 0.05) is 18.8 Å². The predicted molar refractivity (Wildman–Crippen MR) is 54.2 cm³/mol. The molecular formula is C10H17NO4. The van der Waals surface area contributed by atoms with Crippen LogP contribution < -0.4 is 0 Å². The van der Waals surface area contributed by atoms with Crippen molar-refractivity contribution >= 4 is 11.7 Å². The summed E-state index contributed by atoms with van der Waals surface area (Å²) in [5.41, 5.74) is -0.356. The van der Waals surface area contributed by atoms with Crippen LogP contribution >= 0.6 is 0 Å². The van der Waals surface area contributed by atoms with E-state index in [0.717, 1.165) is 0 Å². The molecule has 1 atom stereocenters. The Morgan fingerprint density at radius 1 is 1.60 bits per heavy atom. The van der Waals surface area contributed by atoms with Crippen molar-refractivity contribution in [1.82, 2.24) is 0 Å². The van der Waals surface area contributed by atoms with Gasteiger partial charge >= 0.3 is 5.97 Å². The quantitative estimate of drug-likeness (QED) is 0.699. The molecule has 0 aromatic rings. The summed E-state index contributed by atoms with van der Waals surface area (Å²) >= 11 is 0. The molecule has 0 aromatic heterocycles. The first-order valence-corrected chi connectivity index (χ1v) is 4.95. The second-order valence-corrected chi connectivity index (χ2v) is 4.39. The summed E-state index contributed by atoms with van der Waals surface area (Å²) in [5.74, 6) is -1.84. The third-order valence-corrected chi connectivity index (χ3v) is 2.71. The Morgan fingerprint density at radius 3 is 2.67 bits per heavy atom. The minimum atomic E-state index is -1.36. The Hall–Kier alpha value is -1.10. The molecule has 1 aliphatic heterocycles. The Bertz CT molecular complexity index is 294. The number of aliphatic hydroxyl groups is 1. The zero-order valence-corrected chi connectivity index (χ0v) is 9.53. The Morgan fingerprint density at radius 2 is 2.20 bits per heavy atom. The third-order valence-electron chi connectivity index (χ3n) is 2.71. The molecule has 0 bridgehead atoms. The van der Waals surface area contributed by atoms with Gasteiger partial charge in [0.1, 0.15) is 0 Å². The van der Waals surface area contributed by atoms with Crippen LogP contribution in [-0.4, -0.2) is 29.2 Å². The Balaban J connectivity index is 2.82. The predicted octanol–water partition coefficient (Wildman–Crippen LogP) is 1.06. The molecular weight excluding hydrogens is 198 g/mol. The van der Waals surface area contributed by atoms with E-state index in [1.807, 2.05) is 0 Å². The summed E-state index contributed by atoms with van der Waals surface area (Å²) in [6, 6.07) is 0. The molecule has 0 saturated carbocycles. The Labute approximate surface area is 89.1 Å². The first-order chi connectivity index (χ1) is 6.80. The summed E-state index contributed by atoms with van der Waals surface area (Å²) in [7, 11) is 0. The molecule has 1 rings (SSSR count). The van der Waals surface area contributed by atoms with Crippen molar-refractivity contribution in [2.24, 2.45) is 10.6 Å². The SMILES string of the molecule is CCOC(=O)C1=NO[C@@](C)(O)C(C)(C)C1.